The minimum atomic E-state index is -0.501. The average Bonchev–Trinajstić information content (AvgIpc) is 2.67. The lowest BCUT2D eigenvalue weighted by Gasteiger charge is -2.13. The number of esters is 1. The minimum Gasteiger partial charge on any atom is -0.465 e. The van der Waals surface area contributed by atoms with Crippen molar-refractivity contribution < 1.29 is 14.3 Å². The number of pyridine rings is 1. The topological polar surface area (TPSA) is 68.3 Å². The molecule has 0 aliphatic heterocycles. The van der Waals surface area contributed by atoms with Gasteiger partial charge in [-0.05, 0) is 36.2 Å². The summed E-state index contributed by atoms with van der Waals surface area (Å²) in [6.07, 6.45) is 0. The lowest BCUT2D eigenvalue weighted by Crippen LogP contribution is -2.15. The van der Waals surface area contributed by atoms with Gasteiger partial charge in [0.1, 0.15) is 0 Å². The molecule has 27 heavy (non-hydrogen) atoms. The molecule has 0 aliphatic rings. The van der Waals surface area contributed by atoms with Crippen LogP contribution in [0.5, 0.6) is 0 Å². The summed E-state index contributed by atoms with van der Waals surface area (Å²) in [5.74, 6) is -0.648. The van der Waals surface area contributed by atoms with Gasteiger partial charge in [-0.3, -0.25) is 9.78 Å². The molecule has 0 saturated heterocycles. The maximum atomic E-state index is 13.0. The van der Waals surface area contributed by atoms with Crippen LogP contribution in [0.3, 0.4) is 0 Å². The van der Waals surface area contributed by atoms with Crippen molar-refractivity contribution in [2.24, 2.45) is 0 Å². The number of nitrogens with one attached hydrogen (secondary N) is 1. The number of fused-ring (bicyclic) bond motifs is 1. The molecule has 1 aromatic heterocycles. The summed E-state index contributed by atoms with van der Waals surface area (Å²) in [6, 6.07) is 13.9. The van der Waals surface area contributed by atoms with Crippen molar-refractivity contribution in [2.45, 2.75) is 19.8 Å². The lowest BCUT2D eigenvalue weighted by atomic mass is 10.0. The second-order valence-corrected chi connectivity index (χ2v) is 6.81. The van der Waals surface area contributed by atoms with E-state index in [-0.39, 0.29) is 11.8 Å². The van der Waals surface area contributed by atoms with Crippen LogP contribution in [0.1, 0.15) is 46.2 Å². The number of anilines is 1. The highest BCUT2D eigenvalue weighted by molar-refractivity contribution is 6.34. The quantitative estimate of drug-likeness (QED) is 0.641. The van der Waals surface area contributed by atoms with Crippen LogP contribution in [0.4, 0.5) is 5.69 Å². The molecule has 0 aliphatic carbocycles. The largest absolute Gasteiger partial charge is 0.465 e. The number of carbonyl (C=O) groups excluding carboxylic acids is 2. The highest BCUT2D eigenvalue weighted by Crippen LogP contribution is 2.27. The Morgan fingerprint density at radius 1 is 1.11 bits per heavy atom. The summed E-state index contributed by atoms with van der Waals surface area (Å²) < 4.78 is 4.72. The Labute approximate surface area is 162 Å². The summed E-state index contributed by atoms with van der Waals surface area (Å²) in [6.45, 7) is 4.05. The molecule has 6 heteroatoms. The third kappa shape index (κ3) is 3.93. The van der Waals surface area contributed by atoms with Crippen molar-refractivity contribution in [2.75, 3.05) is 12.4 Å². The standard InChI is InChI=1S/C21H19ClN2O3/c1-12(2)18-11-15(14-6-4-5-7-17(14)23-18)20(25)24-19-10-13(21(26)27-3)8-9-16(19)22/h4-12H,1-3H3,(H,24,25). The molecule has 0 bridgehead atoms. The SMILES string of the molecule is COC(=O)c1ccc(Cl)c(NC(=O)c2cc(C(C)C)nc3ccccc23)c1. The fourth-order valence-corrected chi connectivity index (χ4v) is 2.90. The van der Waals surface area contributed by atoms with Crippen molar-refractivity contribution in [3.05, 3.63) is 70.4 Å². The number of aromatic nitrogens is 1. The Morgan fingerprint density at radius 3 is 2.56 bits per heavy atom. The van der Waals surface area contributed by atoms with Gasteiger partial charge >= 0.3 is 5.97 Å². The van der Waals surface area contributed by atoms with Crippen molar-refractivity contribution in [3.63, 3.8) is 0 Å². The molecule has 1 amide bonds. The van der Waals surface area contributed by atoms with Gasteiger partial charge in [-0.1, -0.05) is 43.6 Å². The zero-order valence-electron chi connectivity index (χ0n) is 15.2. The number of carbonyl (C=O) groups is 2. The van der Waals surface area contributed by atoms with Crippen LogP contribution in [-0.2, 0) is 4.74 Å². The first-order chi connectivity index (χ1) is 12.9. The fourth-order valence-electron chi connectivity index (χ4n) is 2.74. The van der Waals surface area contributed by atoms with Crippen molar-refractivity contribution in [1.82, 2.24) is 4.98 Å². The van der Waals surface area contributed by atoms with E-state index in [1.54, 1.807) is 18.2 Å². The first-order valence-corrected chi connectivity index (χ1v) is 8.87. The molecule has 1 heterocycles. The van der Waals surface area contributed by atoms with Crippen molar-refractivity contribution in [1.29, 1.82) is 0 Å². The van der Waals surface area contributed by atoms with Crippen LogP contribution < -0.4 is 5.32 Å². The molecule has 5 nitrogen and oxygen atoms in total. The van der Waals surface area contributed by atoms with E-state index in [1.165, 1.54) is 13.2 Å². The van der Waals surface area contributed by atoms with Crippen LogP contribution in [0.15, 0.2) is 48.5 Å². The Balaban J connectivity index is 2.03. The summed E-state index contributed by atoms with van der Waals surface area (Å²) in [5, 5.41) is 3.88. The number of benzene rings is 2. The summed E-state index contributed by atoms with van der Waals surface area (Å²) >= 11 is 6.20. The average molecular weight is 383 g/mol. The third-order valence-corrected chi connectivity index (χ3v) is 4.54. The predicted molar refractivity (Wildman–Crippen MR) is 107 cm³/mol. The van der Waals surface area contributed by atoms with E-state index in [4.69, 9.17) is 16.3 Å². The highest BCUT2D eigenvalue weighted by Gasteiger charge is 2.17. The monoisotopic (exact) mass is 382 g/mol. The molecular formula is C21H19ClN2O3. The number of ether oxygens (including phenoxy) is 1. The molecule has 138 valence electrons. The zero-order valence-corrected chi connectivity index (χ0v) is 16.0. The second-order valence-electron chi connectivity index (χ2n) is 6.41. The van der Waals surface area contributed by atoms with Gasteiger partial charge in [-0.2, -0.15) is 0 Å². The van der Waals surface area contributed by atoms with E-state index >= 15 is 0 Å². The molecule has 1 N–H and O–H groups in total. The van der Waals surface area contributed by atoms with Crippen molar-refractivity contribution >= 4 is 40.1 Å². The molecule has 0 radical (unpaired) electrons. The first-order valence-electron chi connectivity index (χ1n) is 8.49. The summed E-state index contributed by atoms with van der Waals surface area (Å²) in [5.41, 5.74) is 2.73. The Hall–Kier alpha value is -2.92. The second kappa shape index (κ2) is 7.76. The number of hydrogen-bond acceptors (Lipinski definition) is 4. The minimum absolute atomic E-state index is 0.174. The van der Waals surface area contributed by atoms with E-state index in [1.807, 2.05) is 38.1 Å². The smallest absolute Gasteiger partial charge is 0.337 e. The van der Waals surface area contributed by atoms with Gasteiger partial charge in [0.05, 0.1) is 34.5 Å². The number of para-hydroxylation sites is 1. The number of hydrogen-bond donors (Lipinski definition) is 1. The Bertz CT molecular complexity index is 1030. The number of halogens is 1. The predicted octanol–water partition coefficient (Wildman–Crippen LogP) is 5.05. The molecule has 0 fully saturated rings. The lowest BCUT2D eigenvalue weighted by molar-refractivity contribution is 0.0600. The number of amides is 1. The Morgan fingerprint density at radius 2 is 1.85 bits per heavy atom. The van der Waals surface area contributed by atoms with E-state index in [2.05, 4.69) is 10.3 Å². The molecular weight excluding hydrogens is 364 g/mol. The maximum absolute atomic E-state index is 13.0. The van der Waals surface area contributed by atoms with Gasteiger partial charge in [0.2, 0.25) is 0 Å². The first kappa shape index (κ1) is 18.9. The molecule has 2 aromatic carbocycles. The highest BCUT2D eigenvalue weighted by atomic mass is 35.5. The van der Waals surface area contributed by atoms with Gasteiger partial charge in [0.25, 0.3) is 5.91 Å². The van der Waals surface area contributed by atoms with Gasteiger partial charge in [0, 0.05) is 11.1 Å². The summed E-state index contributed by atoms with van der Waals surface area (Å²) in [7, 11) is 1.30. The molecule has 0 atom stereocenters. The Kier molecular flexibility index (Phi) is 5.42. The molecule has 0 saturated carbocycles. The summed E-state index contributed by atoms with van der Waals surface area (Å²) in [4.78, 5) is 29.4. The molecule has 3 rings (SSSR count). The number of methoxy groups -OCH3 is 1. The van der Waals surface area contributed by atoms with Crippen molar-refractivity contribution in [3.8, 4) is 0 Å². The van der Waals surface area contributed by atoms with Crippen LogP contribution in [0.25, 0.3) is 10.9 Å². The van der Waals surface area contributed by atoms with Crippen LogP contribution in [-0.4, -0.2) is 24.0 Å². The van der Waals surface area contributed by atoms with E-state index < -0.39 is 5.97 Å². The molecule has 3 aromatic rings. The van der Waals surface area contributed by atoms with Crippen LogP contribution in [0.2, 0.25) is 5.02 Å². The van der Waals surface area contributed by atoms with Gasteiger partial charge in [-0.15, -0.1) is 0 Å². The van der Waals surface area contributed by atoms with Gasteiger partial charge in [-0.25, -0.2) is 4.79 Å². The zero-order chi connectivity index (χ0) is 19.6. The van der Waals surface area contributed by atoms with Gasteiger partial charge in [0.15, 0.2) is 0 Å². The molecule has 0 spiro atoms. The fraction of sp³-hybridized carbons (Fsp3) is 0.190. The molecule has 0 unspecified atom stereocenters. The van der Waals surface area contributed by atoms with Crippen LogP contribution in [0, 0.1) is 0 Å². The van der Waals surface area contributed by atoms with Gasteiger partial charge < -0.3 is 10.1 Å². The maximum Gasteiger partial charge on any atom is 0.337 e. The third-order valence-electron chi connectivity index (χ3n) is 4.21. The number of nitrogens with zero attached hydrogens (tertiary/aromatic N) is 1. The van der Waals surface area contributed by atoms with E-state index in [0.717, 1.165) is 16.6 Å². The van der Waals surface area contributed by atoms with E-state index in [9.17, 15) is 9.59 Å². The normalized spacial score (nSPS) is 10.9. The van der Waals surface area contributed by atoms with Crippen LogP contribution >= 0.6 is 11.6 Å². The number of rotatable bonds is 4. The van der Waals surface area contributed by atoms with E-state index in [0.29, 0.717) is 21.8 Å².